The first kappa shape index (κ1) is 10.3. The predicted molar refractivity (Wildman–Crippen MR) is 52.9 cm³/mol. The smallest absolute Gasteiger partial charge is 0.337 e. The average molecular weight is 192 g/mol. The van der Waals surface area contributed by atoms with Gasteiger partial charge >= 0.3 is 5.97 Å². The van der Waals surface area contributed by atoms with Gasteiger partial charge in [0.2, 0.25) is 0 Å². The first-order valence-electron chi connectivity index (χ1n) is 4.23. The number of carbonyl (C=O) groups is 1. The van der Waals surface area contributed by atoms with Crippen molar-refractivity contribution in [3.05, 3.63) is 47.7 Å². The van der Waals surface area contributed by atoms with Crippen LogP contribution in [0.25, 0.3) is 0 Å². The quantitative estimate of drug-likeness (QED) is 0.451. The minimum atomic E-state index is -0.503. The maximum absolute atomic E-state index is 11.1. The molecule has 0 bridgehead atoms. The molecule has 0 atom stereocenters. The predicted octanol–water partition coefficient (Wildman–Crippen LogP) is 1.84. The summed E-state index contributed by atoms with van der Waals surface area (Å²) < 4.78 is 4.51. The highest BCUT2D eigenvalue weighted by Gasteiger charge is 2.09. The molecule has 0 aliphatic rings. The molecule has 0 aromatic heterocycles. The van der Waals surface area contributed by atoms with Crippen LogP contribution in [0.2, 0.25) is 0 Å². The number of methoxy groups -OCH3 is 1. The molecule has 1 aromatic carbocycles. The number of esters is 1. The van der Waals surface area contributed by atoms with Crippen LogP contribution in [0.3, 0.4) is 0 Å². The van der Waals surface area contributed by atoms with Crippen molar-refractivity contribution in [1.82, 2.24) is 0 Å². The van der Waals surface area contributed by atoms with Gasteiger partial charge < -0.3 is 9.84 Å². The van der Waals surface area contributed by atoms with E-state index in [1.165, 1.54) is 7.11 Å². The molecule has 0 unspecified atom stereocenters. The van der Waals surface area contributed by atoms with E-state index < -0.39 is 5.97 Å². The fourth-order valence-corrected chi connectivity index (χ4v) is 1.12. The summed E-state index contributed by atoms with van der Waals surface area (Å²) in [6.45, 7) is 0. The second-order valence-electron chi connectivity index (χ2n) is 2.81. The highest BCUT2D eigenvalue weighted by Crippen LogP contribution is 2.08. The molecule has 14 heavy (non-hydrogen) atoms. The standard InChI is InChI=1S/C11H12O3/c1-14-11(13)10(8-12)7-9-5-3-2-4-6-9/h2-6,8,12H,7H2,1H3. The van der Waals surface area contributed by atoms with Crippen LogP contribution >= 0.6 is 0 Å². The molecule has 0 saturated heterocycles. The Bertz CT molecular complexity index is 328. The summed E-state index contributed by atoms with van der Waals surface area (Å²) in [5.41, 5.74) is 1.21. The lowest BCUT2D eigenvalue weighted by Gasteiger charge is -2.03. The summed E-state index contributed by atoms with van der Waals surface area (Å²) in [5.74, 6) is -0.503. The summed E-state index contributed by atoms with van der Waals surface area (Å²) in [7, 11) is 1.29. The van der Waals surface area contributed by atoms with Crippen molar-refractivity contribution in [2.24, 2.45) is 0 Å². The van der Waals surface area contributed by atoms with Gasteiger partial charge in [0.15, 0.2) is 0 Å². The van der Waals surface area contributed by atoms with E-state index in [0.29, 0.717) is 6.42 Å². The zero-order valence-corrected chi connectivity index (χ0v) is 7.93. The summed E-state index contributed by atoms with van der Waals surface area (Å²) in [5, 5.41) is 8.83. The molecular formula is C11H12O3. The van der Waals surface area contributed by atoms with Crippen LogP contribution in [0.5, 0.6) is 0 Å². The minimum Gasteiger partial charge on any atom is -0.515 e. The molecule has 0 heterocycles. The third-order valence-corrected chi connectivity index (χ3v) is 1.84. The van der Waals surface area contributed by atoms with Crippen molar-refractivity contribution in [3.8, 4) is 0 Å². The largest absolute Gasteiger partial charge is 0.515 e. The van der Waals surface area contributed by atoms with Crippen LogP contribution in [0.1, 0.15) is 5.56 Å². The van der Waals surface area contributed by atoms with E-state index in [9.17, 15) is 4.79 Å². The first-order valence-corrected chi connectivity index (χ1v) is 4.23. The zero-order chi connectivity index (χ0) is 10.4. The normalized spacial score (nSPS) is 11.1. The number of hydrogen-bond donors (Lipinski definition) is 1. The Kier molecular flexibility index (Phi) is 3.73. The van der Waals surface area contributed by atoms with Gasteiger partial charge in [0.25, 0.3) is 0 Å². The lowest BCUT2D eigenvalue weighted by atomic mass is 10.1. The van der Waals surface area contributed by atoms with Gasteiger partial charge in [-0.1, -0.05) is 30.3 Å². The summed E-state index contributed by atoms with van der Waals surface area (Å²) in [6, 6.07) is 9.41. The zero-order valence-electron chi connectivity index (χ0n) is 7.93. The molecule has 3 nitrogen and oxygen atoms in total. The third-order valence-electron chi connectivity index (χ3n) is 1.84. The fourth-order valence-electron chi connectivity index (χ4n) is 1.12. The van der Waals surface area contributed by atoms with Crippen LogP contribution in [0, 0.1) is 0 Å². The maximum atomic E-state index is 11.1. The molecule has 0 aliphatic carbocycles. The van der Waals surface area contributed by atoms with E-state index in [0.717, 1.165) is 11.8 Å². The van der Waals surface area contributed by atoms with E-state index >= 15 is 0 Å². The number of aliphatic hydroxyl groups is 1. The second-order valence-corrected chi connectivity index (χ2v) is 2.81. The molecule has 3 heteroatoms. The molecule has 0 saturated carbocycles. The van der Waals surface area contributed by atoms with Crippen LogP contribution in [-0.2, 0) is 16.0 Å². The molecule has 74 valence electrons. The molecular weight excluding hydrogens is 180 g/mol. The SMILES string of the molecule is COC(=O)C(=CO)Cc1ccccc1. The molecule has 1 aromatic rings. The Hall–Kier alpha value is -1.77. The second kappa shape index (κ2) is 5.07. The lowest BCUT2D eigenvalue weighted by molar-refractivity contribution is -0.136. The maximum Gasteiger partial charge on any atom is 0.337 e. The van der Waals surface area contributed by atoms with Gasteiger partial charge in [-0.3, -0.25) is 0 Å². The van der Waals surface area contributed by atoms with Crippen molar-refractivity contribution in [1.29, 1.82) is 0 Å². The highest BCUT2D eigenvalue weighted by molar-refractivity contribution is 5.88. The van der Waals surface area contributed by atoms with Gasteiger partial charge in [0, 0.05) is 6.42 Å². The number of ether oxygens (including phenoxy) is 1. The van der Waals surface area contributed by atoms with E-state index in [1.54, 1.807) is 0 Å². The van der Waals surface area contributed by atoms with Crippen LogP contribution in [0.15, 0.2) is 42.2 Å². The Morgan fingerprint density at radius 3 is 2.57 bits per heavy atom. The molecule has 0 fully saturated rings. The molecule has 1 N–H and O–H groups in total. The van der Waals surface area contributed by atoms with E-state index in [1.807, 2.05) is 30.3 Å². The van der Waals surface area contributed by atoms with Crippen molar-refractivity contribution < 1.29 is 14.6 Å². The van der Waals surface area contributed by atoms with Crippen molar-refractivity contribution in [3.63, 3.8) is 0 Å². The fraction of sp³-hybridized carbons (Fsp3) is 0.182. The van der Waals surface area contributed by atoms with Crippen molar-refractivity contribution in [2.75, 3.05) is 7.11 Å². The monoisotopic (exact) mass is 192 g/mol. The van der Waals surface area contributed by atoms with Gasteiger partial charge in [-0.25, -0.2) is 4.79 Å². The van der Waals surface area contributed by atoms with Crippen LogP contribution < -0.4 is 0 Å². The van der Waals surface area contributed by atoms with Gasteiger partial charge in [0.1, 0.15) is 0 Å². The molecule has 1 rings (SSSR count). The van der Waals surface area contributed by atoms with Crippen molar-refractivity contribution >= 4 is 5.97 Å². The van der Waals surface area contributed by atoms with Crippen LogP contribution in [0.4, 0.5) is 0 Å². The van der Waals surface area contributed by atoms with Gasteiger partial charge in [-0.2, -0.15) is 0 Å². The number of rotatable bonds is 3. The number of benzene rings is 1. The minimum absolute atomic E-state index is 0.249. The highest BCUT2D eigenvalue weighted by atomic mass is 16.5. The van der Waals surface area contributed by atoms with Crippen molar-refractivity contribution in [2.45, 2.75) is 6.42 Å². The number of hydrogen-bond acceptors (Lipinski definition) is 3. The Morgan fingerprint density at radius 1 is 1.43 bits per heavy atom. The topological polar surface area (TPSA) is 46.5 Å². The van der Waals surface area contributed by atoms with Gasteiger partial charge in [-0.05, 0) is 5.56 Å². The number of carbonyl (C=O) groups excluding carboxylic acids is 1. The Labute approximate surface area is 82.6 Å². The van der Waals surface area contributed by atoms with Gasteiger partial charge in [0.05, 0.1) is 18.9 Å². The van der Waals surface area contributed by atoms with Gasteiger partial charge in [-0.15, -0.1) is 0 Å². The van der Waals surface area contributed by atoms with E-state index in [2.05, 4.69) is 4.74 Å². The molecule has 0 spiro atoms. The number of aliphatic hydroxyl groups excluding tert-OH is 1. The third kappa shape index (κ3) is 2.62. The average Bonchev–Trinajstić information content (AvgIpc) is 2.26. The van der Waals surface area contributed by atoms with Crippen LogP contribution in [-0.4, -0.2) is 18.2 Å². The Balaban J connectivity index is 2.73. The molecule has 0 aliphatic heterocycles. The Morgan fingerprint density at radius 2 is 2.07 bits per heavy atom. The lowest BCUT2D eigenvalue weighted by Crippen LogP contribution is -2.07. The summed E-state index contributed by atoms with van der Waals surface area (Å²) in [4.78, 5) is 11.1. The summed E-state index contributed by atoms with van der Waals surface area (Å²) >= 11 is 0. The van der Waals surface area contributed by atoms with E-state index in [-0.39, 0.29) is 5.57 Å². The van der Waals surface area contributed by atoms with E-state index in [4.69, 9.17) is 5.11 Å². The first-order chi connectivity index (χ1) is 6.77. The molecule has 0 amide bonds. The molecule has 0 radical (unpaired) electrons. The summed E-state index contributed by atoms with van der Waals surface area (Å²) in [6.07, 6.45) is 1.17.